The van der Waals surface area contributed by atoms with Crippen molar-refractivity contribution in [2.75, 3.05) is 13.1 Å². The van der Waals surface area contributed by atoms with E-state index in [-0.39, 0.29) is 12.1 Å². The second kappa shape index (κ2) is 9.67. The zero-order valence-electron chi connectivity index (χ0n) is 18.1. The minimum absolute atomic E-state index is 0.0861. The molecular weight excluding hydrogens is 380 g/mol. The molecule has 2 aromatic heterocycles. The quantitative estimate of drug-likeness (QED) is 0.591. The summed E-state index contributed by atoms with van der Waals surface area (Å²) in [6.07, 6.45) is 5.63. The molecular formula is C22H30N6O2. The number of pyridine rings is 1. The number of H-pyrrole nitrogens is 1. The third kappa shape index (κ3) is 6.52. The first-order valence-corrected chi connectivity index (χ1v) is 10.2. The lowest BCUT2D eigenvalue weighted by Crippen LogP contribution is -2.45. The number of carbonyl (C=O) groups is 1. The number of fused-ring (bicyclic) bond motifs is 1. The lowest BCUT2D eigenvalue weighted by atomic mass is 10.1. The number of aromatic nitrogens is 4. The van der Waals surface area contributed by atoms with Gasteiger partial charge >= 0.3 is 6.09 Å². The van der Waals surface area contributed by atoms with Gasteiger partial charge in [-0.15, -0.1) is 0 Å². The monoisotopic (exact) mass is 410 g/mol. The summed E-state index contributed by atoms with van der Waals surface area (Å²) in [4.78, 5) is 18.6. The summed E-state index contributed by atoms with van der Waals surface area (Å²) in [5, 5.41) is 16.3. The van der Waals surface area contributed by atoms with Crippen LogP contribution < -0.4 is 5.32 Å². The molecule has 3 rings (SSSR count). The molecule has 1 amide bonds. The van der Waals surface area contributed by atoms with Gasteiger partial charge in [0.1, 0.15) is 5.60 Å². The molecule has 2 heterocycles. The largest absolute Gasteiger partial charge is 0.444 e. The molecule has 160 valence electrons. The van der Waals surface area contributed by atoms with E-state index in [4.69, 9.17) is 4.74 Å². The van der Waals surface area contributed by atoms with Crippen LogP contribution in [0.5, 0.6) is 0 Å². The van der Waals surface area contributed by atoms with Crippen molar-refractivity contribution in [3.8, 4) is 0 Å². The number of nitrogens with one attached hydrogen (secondary N) is 2. The lowest BCUT2D eigenvalue weighted by Gasteiger charge is -2.29. The Kier molecular flexibility index (Phi) is 6.99. The van der Waals surface area contributed by atoms with Crippen molar-refractivity contribution in [3.05, 3.63) is 54.1 Å². The van der Waals surface area contributed by atoms with E-state index in [1.54, 1.807) is 17.3 Å². The average molecular weight is 411 g/mol. The van der Waals surface area contributed by atoms with Gasteiger partial charge in [0.2, 0.25) is 0 Å². The van der Waals surface area contributed by atoms with Crippen molar-refractivity contribution in [3.63, 3.8) is 0 Å². The van der Waals surface area contributed by atoms with E-state index in [9.17, 15) is 4.79 Å². The van der Waals surface area contributed by atoms with Crippen LogP contribution in [-0.2, 0) is 17.7 Å². The van der Waals surface area contributed by atoms with Crippen molar-refractivity contribution in [1.82, 2.24) is 30.6 Å². The van der Waals surface area contributed by atoms with Gasteiger partial charge in [-0.25, -0.2) is 4.79 Å². The summed E-state index contributed by atoms with van der Waals surface area (Å²) in [6.45, 7) is 9.44. The van der Waals surface area contributed by atoms with E-state index >= 15 is 0 Å². The molecule has 0 saturated heterocycles. The van der Waals surface area contributed by atoms with E-state index in [1.165, 1.54) is 10.9 Å². The van der Waals surface area contributed by atoms with E-state index < -0.39 is 5.60 Å². The first kappa shape index (κ1) is 21.7. The van der Waals surface area contributed by atoms with Crippen LogP contribution in [0.4, 0.5) is 4.79 Å². The Hall–Kier alpha value is -3.00. The second-order valence-corrected chi connectivity index (χ2v) is 8.48. The van der Waals surface area contributed by atoms with Gasteiger partial charge in [0, 0.05) is 49.9 Å². The molecule has 0 aliphatic heterocycles. The standard InChI is InChI=1S/C22H30N6O2/c1-16(24-12-17-5-6-19-13-23-9-7-18(19)11-17)15-28(21(29)30-22(2,3)4)10-8-20-14-25-27-26-20/h5-7,9,11,13-14,16,24H,8,10,12,15H2,1-4H3,(H,25,26,27)/t16-/m1/s1. The predicted molar refractivity (Wildman–Crippen MR) is 116 cm³/mol. The summed E-state index contributed by atoms with van der Waals surface area (Å²) in [6, 6.07) is 8.43. The maximum absolute atomic E-state index is 12.7. The number of benzene rings is 1. The van der Waals surface area contributed by atoms with Crippen LogP contribution in [0.25, 0.3) is 10.8 Å². The maximum Gasteiger partial charge on any atom is 0.410 e. The van der Waals surface area contributed by atoms with E-state index in [2.05, 4.69) is 50.8 Å². The smallest absolute Gasteiger partial charge is 0.410 e. The van der Waals surface area contributed by atoms with Crippen LogP contribution in [0.1, 0.15) is 39.0 Å². The number of nitrogens with zero attached hydrogens (tertiary/aromatic N) is 4. The molecule has 0 spiro atoms. The van der Waals surface area contributed by atoms with E-state index in [0.29, 0.717) is 26.1 Å². The van der Waals surface area contributed by atoms with Crippen molar-refractivity contribution in [2.24, 2.45) is 0 Å². The predicted octanol–water partition coefficient (Wildman–Crippen LogP) is 3.31. The molecule has 3 aromatic rings. The SMILES string of the molecule is C[C@H](CN(CCc1cn[nH]n1)C(=O)OC(C)(C)C)NCc1ccc2cnccc2c1. The number of hydrogen-bond donors (Lipinski definition) is 2. The summed E-state index contributed by atoms with van der Waals surface area (Å²) >= 11 is 0. The molecule has 0 aliphatic carbocycles. The van der Waals surface area contributed by atoms with Gasteiger partial charge in [-0.1, -0.05) is 12.1 Å². The summed E-state index contributed by atoms with van der Waals surface area (Å²) in [7, 11) is 0. The van der Waals surface area contributed by atoms with Crippen molar-refractivity contribution in [2.45, 2.75) is 52.3 Å². The fraction of sp³-hybridized carbons (Fsp3) is 0.455. The number of rotatable bonds is 8. The Balaban J connectivity index is 1.58. The highest BCUT2D eigenvalue weighted by Crippen LogP contribution is 2.15. The number of aromatic amines is 1. The van der Waals surface area contributed by atoms with Gasteiger partial charge in [0.15, 0.2) is 0 Å². The summed E-state index contributed by atoms with van der Waals surface area (Å²) in [5.74, 6) is 0. The minimum Gasteiger partial charge on any atom is -0.444 e. The molecule has 8 heteroatoms. The Bertz CT molecular complexity index is 952. The van der Waals surface area contributed by atoms with Gasteiger partial charge in [0.05, 0.1) is 11.9 Å². The van der Waals surface area contributed by atoms with Crippen LogP contribution in [0.3, 0.4) is 0 Å². The Labute approximate surface area is 177 Å². The third-order valence-electron chi connectivity index (χ3n) is 4.61. The first-order valence-electron chi connectivity index (χ1n) is 10.2. The highest BCUT2D eigenvalue weighted by molar-refractivity contribution is 5.81. The van der Waals surface area contributed by atoms with Gasteiger partial charge in [-0.2, -0.15) is 15.4 Å². The first-order chi connectivity index (χ1) is 14.3. The Morgan fingerprint density at radius 2 is 2.07 bits per heavy atom. The maximum atomic E-state index is 12.7. The number of carbonyl (C=O) groups excluding carboxylic acids is 1. The van der Waals surface area contributed by atoms with Crippen LogP contribution in [0, 0.1) is 0 Å². The van der Waals surface area contributed by atoms with Crippen molar-refractivity contribution in [1.29, 1.82) is 0 Å². The van der Waals surface area contributed by atoms with Crippen LogP contribution in [-0.4, -0.2) is 56.1 Å². The van der Waals surface area contributed by atoms with Crippen LogP contribution >= 0.6 is 0 Å². The molecule has 0 saturated carbocycles. The lowest BCUT2D eigenvalue weighted by molar-refractivity contribution is 0.0236. The van der Waals surface area contributed by atoms with E-state index in [0.717, 1.165) is 11.1 Å². The fourth-order valence-electron chi connectivity index (χ4n) is 3.11. The molecule has 0 fully saturated rings. The summed E-state index contributed by atoms with van der Waals surface area (Å²) < 4.78 is 5.59. The molecule has 1 atom stereocenters. The van der Waals surface area contributed by atoms with Gasteiger partial charge < -0.3 is 15.0 Å². The van der Waals surface area contributed by atoms with Gasteiger partial charge in [0.25, 0.3) is 0 Å². The minimum atomic E-state index is -0.542. The number of amides is 1. The van der Waals surface area contributed by atoms with Crippen molar-refractivity contribution < 1.29 is 9.53 Å². The highest BCUT2D eigenvalue weighted by Gasteiger charge is 2.23. The molecule has 30 heavy (non-hydrogen) atoms. The molecule has 8 nitrogen and oxygen atoms in total. The average Bonchev–Trinajstić information content (AvgIpc) is 3.21. The molecule has 0 bridgehead atoms. The van der Waals surface area contributed by atoms with Crippen molar-refractivity contribution >= 4 is 16.9 Å². The van der Waals surface area contributed by atoms with Gasteiger partial charge in [-0.05, 0) is 50.8 Å². The molecule has 2 N–H and O–H groups in total. The van der Waals surface area contributed by atoms with E-state index in [1.807, 2.05) is 33.0 Å². The van der Waals surface area contributed by atoms with Crippen LogP contribution in [0.15, 0.2) is 42.9 Å². The topological polar surface area (TPSA) is 96.0 Å². The zero-order chi connectivity index (χ0) is 21.6. The summed E-state index contributed by atoms with van der Waals surface area (Å²) in [5.41, 5.74) is 1.46. The number of hydrogen-bond acceptors (Lipinski definition) is 6. The Morgan fingerprint density at radius 3 is 2.80 bits per heavy atom. The Morgan fingerprint density at radius 1 is 1.23 bits per heavy atom. The molecule has 0 radical (unpaired) electrons. The fourth-order valence-corrected chi connectivity index (χ4v) is 3.11. The number of ether oxygens (including phenoxy) is 1. The normalized spacial score (nSPS) is 12.7. The highest BCUT2D eigenvalue weighted by atomic mass is 16.6. The second-order valence-electron chi connectivity index (χ2n) is 8.48. The molecule has 1 aromatic carbocycles. The molecule has 0 unspecified atom stereocenters. The third-order valence-corrected chi connectivity index (χ3v) is 4.61. The zero-order valence-corrected chi connectivity index (χ0v) is 18.1. The van der Waals surface area contributed by atoms with Crippen LogP contribution in [0.2, 0.25) is 0 Å². The molecule has 0 aliphatic rings. The van der Waals surface area contributed by atoms with Gasteiger partial charge in [-0.3, -0.25) is 4.98 Å².